The van der Waals surface area contributed by atoms with E-state index >= 15 is 0 Å². The van der Waals surface area contributed by atoms with Gasteiger partial charge in [-0.05, 0) is 38.1 Å². The number of hydrogen-bond acceptors (Lipinski definition) is 4. The Hall–Kier alpha value is -1.58. The molecule has 130 valence electrons. The highest BCUT2D eigenvalue weighted by molar-refractivity contribution is 9.10. The molecule has 24 heavy (non-hydrogen) atoms. The Morgan fingerprint density at radius 1 is 1.42 bits per heavy atom. The Morgan fingerprint density at radius 3 is 2.75 bits per heavy atom. The van der Waals surface area contributed by atoms with Crippen molar-refractivity contribution in [2.75, 3.05) is 20.7 Å². The fourth-order valence-corrected chi connectivity index (χ4v) is 3.60. The van der Waals surface area contributed by atoms with Crippen molar-refractivity contribution in [2.24, 2.45) is 0 Å². The number of halogens is 1. The van der Waals surface area contributed by atoms with Gasteiger partial charge in [-0.25, -0.2) is 0 Å². The molecule has 1 N–H and O–H groups in total. The molecule has 2 rings (SSSR count). The fraction of sp³-hybridized carbons (Fsp3) is 0.556. The zero-order valence-corrected chi connectivity index (χ0v) is 15.9. The molecule has 0 bridgehead atoms. The smallest absolute Gasteiger partial charge is 0.235 e. The van der Waals surface area contributed by atoms with Crippen LogP contribution in [0.25, 0.3) is 0 Å². The minimum absolute atomic E-state index is 0.102. The third-order valence-corrected chi connectivity index (χ3v) is 4.89. The number of likely N-dealkylation sites (N-methyl/N-ethyl adjacent to an activating group) is 1. The Kier molecular flexibility index (Phi) is 6.64. The lowest BCUT2D eigenvalue weighted by molar-refractivity contribution is -0.123. The van der Waals surface area contributed by atoms with Gasteiger partial charge in [-0.2, -0.15) is 5.26 Å². The second kappa shape index (κ2) is 8.50. The van der Waals surface area contributed by atoms with Gasteiger partial charge in [0.15, 0.2) is 0 Å². The number of hydrogen-bond donors (Lipinski definition) is 1. The van der Waals surface area contributed by atoms with Crippen molar-refractivity contribution in [1.29, 1.82) is 5.26 Å². The van der Waals surface area contributed by atoms with Crippen LogP contribution in [0, 0.1) is 11.3 Å². The van der Waals surface area contributed by atoms with E-state index < -0.39 is 5.54 Å². The van der Waals surface area contributed by atoms with E-state index in [1.165, 1.54) is 0 Å². The summed E-state index contributed by atoms with van der Waals surface area (Å²) >= 11 is 3.46. The van der Waals surface area contributed by atoms with E-state index in [2.05, 4.69) is 27.3 Å². The van der Waals surface area contributed by atoms with Gasteiger partial charge in [-0.1, -0.05) is 35.2 Å². The van der Waals surface area contributed by atoms with Crippen LogP contribution in [0.1, 0.15) is 37.7 Å². The van der Waals surface area contributed by atoms with Gasteiger partial charge in [0.1, 0.15) is 11.3 Å². The second-order valence-corrected chi connectivity index (χ2v) is 7.35. The zero-order chi connectivity index (χ0) is 17.6. The van der Waals surface area contributed by atoms with Crippen LogP contribution < -0.4 is 10.1 Å². The summed E-state index contributed by atoms with van der Waals surface area (Å²) in [6, 6.07) is 8.14. The first-order valence-corrected chi connectivity index (χ1v) is 9.00. The standard InChI is InChI=1S/C18H24BrN3O2/c1-22(11-14-10-15(19)6-7-16(14)24-2)12-17(23)21-18(13-20)8-4-3-5-9-18/h6-7,10H,3-5,8-9,11-12H2,1-2H3,(H,21,23). The molecule has 1 aromatic carbocycles. The number of rotatable bonds is 6. The molecule has 0 radical (unpaired) electrons. The van der Waals surface area contributed by atoms with Crippen molar-refractivity contribution in [3.8, 4) is 11.8 Å². The summed E-state index contributed by atoms with van der Waals surface area (Å²) in [5.74, 6) is 0.696. The topological polar surface area (TPSA) is 65.4 Å². The first-order chi connectivity index (χ1) is 11.5. The molecule has 0 aliphatic heterocycles. The molecule has 0 atom stereocenters. The van der Waals surface area contributed by atoms with Crippen LogP contribution in [0.5, 0.6) is 5.75 Å². The van der Waals surface area contributed by atoms with Gasteiger partial charge in [-0.15, -0.1) is 0 Å². The predicted octanol–water partition coefficient (Wildman–Crippen LogP) is 3.23. The third-order valence-electron chi connectivity index (χ3n) is 4.40. The van der Waals surface area contributed by atoms with Crippen LogP contribution in [-0.4, -0.2) is 37.0 Å². The summed E-state index contributed by atoms with van der Waals surface area (Å²) < 4.78 is 6.34. The minimum atomic E-state index is -0.677. The van der Waals surface area contributed by atoms with Gasteiger partial charge in [0.2, 0.25) is 5.91 Å². The molecular formula is C18H24BrN3O2. The molecule has 5 nitrogen and oxygen atoms in total. The van der Waals surface area contributed by atoms with Crippen LogP contribution in [0.2, 0.25) is 0 Å². The lowest BCUT2D eigenvalue weighted by atomic mass is 9.83. The average Bonchev–Trinajstić information content (AvgIpc) is 2.55. The molecule has 1 saturated carbocycles. The van der Waals surface area contributed by atoms with E-state index in [4.69, 9.17) is 4.74 Å². The van der Waals surface area contributed by atoms with Crippen molar-refractivity contribution < 1.29 is 9.53 Å². The van der Waals surface area contributed by atoms with Crippen LogP contribution in [0.4, 0.5) is 0 Å². The van der Waals surface area contributed by atoms with Crippen LogP contribution in [0.15, 0.2) is 22.7 Å². The van der Waals surface area contributed by atoms with Gasteiger partial charge in [0.05, 0.1) is 19.7 Å². The van der Waals surface area contributed by atoms with E-state index in [-0.39, 0.29) is 12.5 Å². The number of nitrogens with zero attached hydrogens (tertiary/aromatic N) is 2. The highest BCUT2D eigenvalue weighted by Crippen LogP contribution is 2.27. The first-order valence-electron chi connectivity index (χ1n) is 8.21. The maximum atomic E-state index is 12.4. The number of amides is 1. The lowest BCUT2D eigenvalue weighted by Gasteiger charge is -2.32. The SMILES string of the molecule is COc1ccc(Br)cc1CN(C)CC(=O)NC1(C#N)CCCCC1. The molecule has 6 heteroatoms. The van der Waals surface area contributed by atoms with Crippen LogP contribution >= 0.6 is 15.9 Å². The Morgan fingerprint density at radius 2 is 2.12 bits per heavy atom. The quantitative estimate of drug-likeness (QED) is 0.805. The van der Waals surface area contributed by atoms with Gasteiger partial charge >= 0.3 is 0 Å². The number of methoxy groups -OCH3 is 1. The van der Waals surface area contributed by atoms with Gasteiger partial charge in [-0.3, -0.25) is 9.69 Å². The average molecular weight is 394 g/mol. The van der Waals surface area contributed by atoms with Crippen LogP contribution in [0.3, 0.4) is 0 Å². The van der Waals surface area contributed by atoms with Crippen molar-refractivity contribution >= 4 is 21.8 Å². The summed E-state index contributed by atoms with van der Waals surface area (Å²) in [7, 11) is 3.53. The van der Waals surface area contributed by atoms with Gasteiger partial charge in [0, 0.05) is 16.6 Å². The third kappa shape index (κ3) is 4.96. The van der Waals surface area contributed by atoms with Crippen molar-refractivity contribution in [3.05, 3.63) is 28.2 Å². The Balaban J connectivity index is 1.94. The van der Waals surface area contributed by atoms with E-state index in [0.717, 1.165) is 47.9 Å². The molecular weight excluding hydrogens is 370 g/mol. The van der Waals surface area contributed by atoms with E-state index in [1.54, 1.807) is 7.11 Å². The molecule has 0 heterocycles. The summed E-state index contributed by atoms with van der Waals surface area (Å²) in [6.45, 7) is 0.842. The first kappa shape index (κ1) is 18.8. The molecule has 1 aliphatic carbocycles. The van der Waals surface area contributed by atoms with Crippen molar-refractivity contribution in [2.45, 2.75) is 44.2 Å². The van der Waals surface area contributed by atoms with Gasteiger partial charge in [0.25, 0.3) is 0 Å². The molecule has 1 fully saturated rings. The normalized spacial score (nSPS) is 16.5. The monoisotopic (exact) mass is 393 g/mol. The molecule has 0 aromatic heterocycles. The molecule has 0 saturated heterocycles. The Bertz CT molecular complexity index is 621. The highest BCUT2D eigenvalue weighted by atomic mass is 79.9. The molecule has 1 amide bonds. The summed E-state index contributed by atoms with van der Waals surface area (Å²) in [5.41, 5.74) is 0.332. The number of carbonyl (C=O) groups is 1. The van der Waals surface area contributed by atoms with E-state index in [1.807, 2.05) is 30.1 Å². The number of benzene rings is 1. The molecule has 1 aromatic rings. The number of nitrogens with one attached hydrogen (secondary N) is 1. The maximum Gasteiger partial charge on any atom is 0.235 e. The fourth-order valence-electron chi connectivity index (χ4n) is 3.19. The predicted molar refractivity (Wildman–Crippen MR) is 96.6 cm³/mol. The van der Waals surface area contributed by atoms with E-state index in [0.29, 0.717) is 6.54 Å². The zero-order valence-electron chi connectivity index (χ0n) is 14.3. The van der Waals surface area contributed by atoms with Crippen LogP contribution in [-0.2, 0) is 11.3 Å². The Labute approximate surface area is 152 Å². The largest absolute Gasteiger partial charge is 0.496 e. The highest BCUT2D eigenvalue weighted by Gasteiger charge is 2.33. The van der Waals surface area contributed by atoms with Gasteiger partial charge < -0.3 is 10.1 Å². The van der Waals surface area contributed by atoms with Crippen molar-refractivity contribution in [1.82, 2.24) is 10.2 Å². The number of nitriles is 1. The van der Waals surface area contributed by atoms with Crippen molar-refractivity contribution in [3.63, 3.8) is 0 Å². The van der Waals surface area contributed by atoms with E-state index in [9.17, 15) is 10.1 Å². The lowest BCUT2D eigenvalue weighted by Crippen LogP contribution is -2.51. The summed E-state index contributed by atoms with van der Waals surface area (Å²) in [5, 5.41) is 12.4. The second-order valence-electron chi connectivity index (χ2n) is 6.43. The molecule has 1 aliphatic rings. The number of ether oxygens (including phenoxy) is 1. The maximum absolute atomic E-state index is 12.4. The summed E-state index contributed by atoms with van der Waals surface area (Å²) in [6.07, 6.45) is 4.64. The molecule has 0 spiro atoms. The summed E-state index contributed by atoms with van der Waals surface area (Å²) in [4.78, 5) is 14.3. The minimum Gasteiger partial charge on any atom is -0.496 e. The number of carbonyl (C=O) groups excluding carboxylic acids is 1. The molecule has 0 unspecified atom stereocenters.